The van der Waals surface area contributed by atoms with Gasteiger partial charge in [-0.3, -0.25) is 0 Å². The third-order valence-corrected chi connectivity index (χ3v) is 9.97. The molecule has 11 aromatic rings. The molecule has 0 fully saturated rings. The van der Waals surface area contributed by atoms with Crippen LogP contribution in [-0.2, 0) is 0 Å². The number of para-hydroxylation sites is 2. The lowest BCUT2D eigenvalue weighted by molar-refractivity contribution is 0.622. The maximum Gasteiger partial charge on any atom is 0.227 e. The number of furan rings is 1. The average Bonchev–Trinajstić information content (AvgIpc) is 3.86. The van der Waals surface area contributed by atoms with Crippen LogP contribution in [0.4, 0.5) is 0 Å². The second kappa shape index (κ2) is 9.93. The van der Waals surface area contributed by atoms with Crippen molar-refractivity contribution in [3.63, 3.8) is 0 Å². The average molecular weight is 627 g/mol. The van der Waals surface area contributed by atoms with Crippen LogP contribution in [-0.4, -0.2) is 9.55 Å². The van der Waals surface area contributed by atoms with Gasteiger partial charge < -0.3 is 13.4 Å². The van der Waals surface area contributed by atoms with E-state index >= 15 is 0 Å². The summed E-state index contributed by atoms with van der Waals surface area (Å²) in [6.07, 6.45) is 0. The maximum atomic E-state index is 6.74. The second-order valence-corrected chi connectivity index (χ2v) is 12.8. The lowest BCUT2D eigenvalue weighted by Gasteiger charge is -2.10. The Balaban J connectivity index is 1.16. The first-order valence-electron chi connectivity index (χ1n) is 16.5. The Morgan fingerprint density at radius 3 is 1.98 bits per heavy atom. The van der Waals surface area contributed by atoms with Crippen LogP contribution in [0.5, 0.6) is 0 Å². The van der Waals surface area contributed by atoms with E-state index in [4.69, 9.17) is 13.8 Å². The van der Waals surface area contributed by atoms with Gasteiger partial charge in [0.05, 0.1) is 16.4 Å². The number of fused-ring (bicyclic) bond motifs is 10. The molecule has 8 aromatic carbocycles. The van der Waals surface area contributed by atoms with Crippen molar-refractivity contribution in [3.8, 4) is 28.3 Å². The predicted molar refractivity (Wildman–Crippen MR) is 202 cm³/mol. The molecule has 228 valence electrons. The fourth-order valence-electron chi connectivity index (χ4n) is 7.66. The minimum Gasteiger partial charge on any atom is -0.455 e. The summed E-state index contributed by atoms with van der Waals surface area (Å²) in [5.74, 6) is 0.578. The summed E-state index contributed by atoms with van der Waals surface area (Å²) >= 11 is 0. The summed E-state index contributed by atoms with van der Waals surface area (Å²) in [5.41, 5.74) is 9.53. The Kier molecular flexibility index (Phi) is 5.35. The van der Waals surface area contributed by atoms with Crippen molar-refractivity contribution in [1.29, 1.82) is 0 Å². The zero-order valence-corrected chi connectivity index (χ0v) is 26.2. The highest BCUT2D eigenvalue weighted by Gasteiger charge is 2.22. The largest absolute Gasteiger partial charge is 0.455 e. The topological polar surface area (TPSA) is 44.1 Å². The summed E-state index contributed by atoms with van der Waals surface area (Å²) in [4.78, 5) is 5.15. The van der Waals surface area contributed by atoms with Crippen LogP contribution in [0.1, 0.15) is 0 Å². The molecule has 3 heterocycles. The lowest BCUT2D eigenvalue weighted by atomic mass is 9.98. The third-order valence-electron chi connectivity index (χ3n) is 9.97. The third kappa shape index (κ3) is 3.89. The molecule has 0 unspecified atom stereocenters. The van der Waals surface area contributed by atoms with Gasteiger partial charge in [-0.05, 0) is 75.6 Å². The first-order chi connectivity index (χ1) is 24.3. The Morgan fingerprint density at radius 1 is 0.449 bits per heavy atom. The summed E-state index contributed by atoms with van der Waals surface area (Å²) in [5, 5.41) is 9.17. The van der Waals surface area contributed by atoms with Crippen LogP contribution >= 0.6 is 0 Å². The van der Waals surface area contributed by atoms with E-state index in [1.165, 1.54) is 32.3 Å². The van der Waals surface area contributed by atoms with Crippen LogP contribution in [0.3, 0.4) is 0 Å². The SMILES string of the molecule is c1ccc2cc(-c3cc4nc(-c5ccc6c7ccccc7n(-c7ccc8ccccc8c7)c6c5)oc4c4c3oc3ccccc34)ccc2c1. The predicted octanol–water partition coefficient (Wildman–Crippen LogP) is 12.5. The van der Waals surface area contributed by atoms with Gasteiger partial charge in [0, 0.05) is 33.0 Å². The minimum absolute atomic E-state index is 0.578. The molecule has 0 aliphatic heterocycles. The molecule has 0 aliphatic carbocycles. The van der Waals surface area contributed by atoms with Gasteiger partial charge in [0.25, 0.3) is 0 Å². The van der Waals surface area contributed by atoms with Gasteiger partial charge in [-0.1, -0.05) is 109 Å². The van der Waals surface area contributed by atoms with Gasteiger partial charge >= 0.3 is 0 Å². The van der Waals surface area contributed by atoms with Crippen LogP contribution in [0.2, 0.25) is 0 Å². The normalized spacial score (nSPS) is 12.1. The van der Waals surface area contributed by atoms with Crippen molar-refractivity contribution in [2.75, 3.05) is 0 Å². The molecular weight excluding hydrogens is 601 g/mol. The molecule has 0 radical (unpaired) electrons. The number of aromatic nitrogens is 2. The van der Waals surface area contributed by atoms with Gasteiger partial charge in [-0.15, -0.1) is 0 Å². The van der Waals surface area contributed by atoms with Gasteiger partial charge in [-0.25, -0.2) is 4.98 Å². The van der Waals surface area contributed by atoms with Crippen molar-refractivity contribution in [2.45, 2.75) is 0 Å². The maximum absolute atomic E-state index is 6.74. The quantitative estimate of drug-likeness (QED) is 0.196. The molecule has 0 spiro atoms. The van der Waals surface area contributed by atoms with E-state index in [0.717, 1.165) is 66.4 Å². The number of benzene rings is 8. The molecular formula is C45H26N2O2. The highest BCUT2D eigenvalue weighted by atomic mass is 16.4. The van der Waals surface area contributed by atoms with Crippen molar-refractivity contribution in [1.82, 2.24) is 9.55 Å². The zero-order valence-electron chi connectivity index (χ0n) is 26.2. The van der Waals surface area contributed by atoms with Crippen LogP contribution < -0.4 is 0 Å². The molecule has 0 saturated heterocycles. The molecule has 0 aliphatic rings. The van der Waals surface area contributed by atoms with Crippen molar-refractivity contribution >= 4 is 76.4 Å². The number of rotatable bonds is 3. The first-order valence-corrected chi connectivity index (χ1v) is 16.5. The fourth-order valence-corrected chi connectivity index (χ4v) is 7.66. The Morgan fingerprint density at radius 2 is 1.12 bits per heavy atom. The van der Waals surface area contributed by atoms with Crippen LogP contribution in [0, 0.1) is 0 Å². The second-order valence-electron chi connectivity index (χ2n) is 12.8. The number of hydrogen-bond acceptors (Lipinski definition) is 3. The van der Waals surface area contributed by atoms with Gasteiger partial charge in [-0.2, -0.15) is 0 Å². The fraction of sp³-hybridized carbons (Fsp3) is 0. The van der Waals surface area contributed by atoms with Crippen molar-refractivity contribution in [2.24, 2.45) is 0 Å². The number of nitrogens with zero attached hydrogens (tertiary/aromatic N) is 2. The van der Waals surface area contributed by atoms with Crippen LogP contribution in [0.15, 0.2) is 167 Å². The standard InChI is InChI=1S/C45H26N2O2/c1-3-11-29-23-31(18-17-27(29)9-1)37-26-38-44(42-36-14-6-8-16-41(36)48-43(37)42)49-45(46-38)32-20-22-35-34-13-5-7-15-39(34)47(40(35)25-32)33-21-19-28-10-2-4-12-30(28)24-33/h1-26H. The lowest BCUT2D eigenvalue weighted by Crippen LogP contribution is -1.94. The summed E-state index contributed by atoms with van der Waals surface area (Å²) in [6.45, 7) is 0. The molecule has 49 heavy (non-hydrogen) atoms. The molecule has 3 aromatic heterocycles. The molecule has 0 atom stereocenters. The Labute approximate surface area is 280 Å². The van der Waals surface area contributed by atoms with Crippen molar-refractivity contribution < 1.29 is 8.83 Å². The molecule has 0 saturated carbocycles. The smallest absolute Gasteiger partial charge is 0.227 e. The molecule has 0 amide bonds. The van der Waals surface area contributed by atoms with Crippen molar-refractivity contribution in [3.05, 3.63) is 158 Å². The van der Waals surface area contributed by atoms with Gasteiger partial charge in [0.1, 0.15) is 16.7 Å². The Hall–Kier alpha value is -6.65. The van der Waals surface area contributed by atoms with Crippen LogP contribution in [0.25, 0.3) is 105 Å². The summed E-state index contributed by atoms with van der Waals surface area (Å²) < 4.78 is 15.7. The monoisotopic (exact) mass is 626 g/mol. The van der Waals surface area contributed by atoms with Gasteiger partial charge in [0.2, 0.25) is 5.89 Å². The number of oxazole rings is 1. The highest BCUT2D eigenvalue weighted by molar-refractivity contribution is 6.20. The summed E-state index contributed by atoms with van der Waals surface area (Å²) in [7, 11) is 0. The van der Waals surface area contributed by atoms with E-state index in [1.807, 2.05) is 18.2 Å². The zero-order chi connectivity index (χ0) is 32.1. The number of hydrogen-bond donors (Lipinski definition) is 0. The Bertz CT molecular complexity index is 3120. The molecule has 11 rings (SSSR count). The van der Waals surface area contributed by atoms with E-state index in [-0.39, 0.29) is 0 Å². The van der Waals surface area contributed by atoms with Gasteiger partial charge in [0.15, 0.2) is 5.58 Å². The van der Waals surface area contributed by atoms with E-state index < -0.39 is 0 Å². The highest BCUT2D eigenvalue weighted by Crippen LogP contribution is 2.43. The summed E-state index contributed by atoms with van der Waals surface area (Å²) in [6, 6.07) is 55.6. The molecule has 4 nitrogen and oxygen atoms in total. The van der Waals surface area contributed by atoms with E-state index in [9.17, 15) is 0 Å². The first kappa shape index (κ1) is 26.4. The molecule has 0 bridgehead atoms. The van der Waals surface area contributed by atoms with E-state index in [2.05, 4.69) is 144 Å². The molecule has 4 heteroatoms. The molecule has 0 N–H and O–H groups in total. The minimum atomic E-state index is 0.578. The van der Waals surface area contributed by atoms with E-state index in [0.29, 0.717) is 5.89 Å². The van der Waals surface area contributed by atoms with E-state index in [1.54, 1.807) is 0 Å².